The van der Waals surface area contributed by atoms with Gasteiger partial charge in [0.05, 0.1) is 0 Å². The third kappa shape index (κ3) is 3.42. The molecule has 0 spiro atoms. The largest absolute Gasteiger partial charge is 0.322 e. The first-order valence-electron chi connectivity index (χ1n) is 6.50. The number of alkyl halides is 2. The smallest absolute Gasteiger partial charge is 0.255 e. The minimum atomic E-state index is -0.623. The van der Waals surface area contributed by atoms with Crippen molar-refractivity contribution >= 4 is 50.7 Å². The van der Waals surface area contributed by atoms with E-state index in [1.54, 1.807) is 12.1 Å². The van der Waals surface area contributed by atoms with Gasteiger partial charge >= 0.3 is 0 Å². The topological polar surface area (TPSA) is 29.1 Å². The van der Waals surface area contributed by atoms with Crippen molar-refractivity contribution in [3.8, 4) is 0 Å². The molecule has 0 bridgehead atoms. The number of anilines is 1. The Hall–Kier alpha value is -1.03. The van der Waals surface area contributed by atoms with Gasteiger partial charge in [-0.25, -0.2) is 0 Å². The summed E-state index contributed by atoms with van der Waals surface area (Å²) >= 11 is 15.4. The summed E-state index contributed by atoms with van der Waals surface area (Å²) in [7, 11) is 0. The maximum Gasteiger partial charge on any atom is 0.255 e. The van der Waals surface area contributed by atoms with Crippen LogP contribution >= 0.6 is 39.1 Å². The molecule has 21 heavy (non-hydrogen) atoms. The first-order chi connectivity index (χ1) is 9.95. The molecule has 2 aromatic rings. The van der Waals surface area contributed by atoms with E-state index in [4.69, 9.17) is 23.2 Å². The van der Waals surface area contributed by atoms with Gasteiger partial charge in [-0.3, -0.25) is 4.79 Å². The van der Waals surface area contributed by atoms with Crippen molar-refractivity contribution in [2.75, 3.05) is 5.32 Å². The molecule has 108 valence electrons. The number of carbonyl (C=O) groups excluding carboxylic acids is 1. The summed E-state index contributed by atoms with van der Waals surface area (Å²) in [5.41, 5.74) is 2.47. The van der Waals surface area contributed by atoms with Crippen molar-refractivity contribution in [1.82, 2.24) is 0 Å². The van der Waals surface area contributed by atoms with Crippen molar-refractivity contribution in [3.05, 3.63) is 64.1 Å². The Kier molecular flexibility index (Phi) is 4.00. The molecule has 2 aromatic carbocycles. The number of halogens is 3. The van der Waals surface area contributed by atoms with Gasteiger partial charge in [0, 0.05) is 21.6 Å². The lowest BCUT2D eigenvalue weighted by Gasteiger charge is -2.07. The first kappa shape index (κ1) is 14.9. The molecule has 0 saturated heterocycles. The fourth-order valence-corrected chi connectivity index (χ4v) is 3.00. The molecule has 0 radical (unpaired) electrons. The second kappa shape index (κ2) is 5.64. The van der Waals surface area contributed by atoms with E-state index in [0.29, 0.717) is 5.56 Å². The van der Waals surface area contributed by atoms with Crippen LogP contribution in [0.15, 0.2) is 53.0 Å². The lowest BCUT2D eigenvalue weighted by Crippen LogP contribution is -2.11. The average molecular weight is 385 g/mol. The van der Waals surface area contributed by atoms with Gasteiger partial charge in [-0.1, -0.05) is 28.1 Å². The number of carbonyl (C=O) groups is 1. The molecular weight excluding hydrogens is 373 g/mol. The monoisotopic (exact) mass is 383 g/mol. The van der Waals surface area contributed by atoms with Gasteiger partial charge in [0.1, 0.15) is 4.33 Å². The van der Waals surface area contributed by atoms with Gasteiger partial charge in [-0.2, -0.15) is 0 Å². The second-order valence-corrected chi connectivity index (χ2v) is 7.56. The number of rotatable bonds is 3. The van der Waals surface area contributed by atoms with E-state index in [1.807, 2.05) is 36.4 Å². The highest BCUT2D eigenvalue weighted by Crippen LogP contribution is 2.59. The molecule has 1 aliphatic rings. The summed E-state index contributed by atoms with van der Waals surface area (Å²) in [6, 6.07) is 14.9. The zero-order valence-corrected chi connectivity index (χ0v) is 14.0. The van der Waals surface area contributed by atoms with Crippen LogP contribution in [0.25, 0.3) is 0 Å². The molecule has 0 aromatic heterocycles. The van der Waals surface area contributed by atoms with Gasteiger partial charge in [0.15, 0.2) is 0 Å². The van der Waals surface area contributed by atoms with Crippen LogP contribution in [0.3, 0.4) is 0 Å². The van der Waals surface area contributed by atoms with Crippen molar-refractivity contribution in [2.24, 2.45) is 0 Å². The molecule has 1 saturated carbocycles. The van der Waals surface area contributed by atoms with E-state index in [-0.39, 0.29) is 11.8 Å². The van der Waals surface area contributed by atoms with Crippen LogP contribution < -0.4 is 5.32 Å². The fraction of sp³-hybridized carbons (Fsp3) is 0.188. The second-order valence-electron chi connectivity index (χ2n) is 5.10. The molecular formula is C16H12BrCl2NO. The van der Waals surface area contributed by atoms with Crippen LogP contribution in [0.1, 0.15) is 28.3 Å². The molecule has 3 rings (SSSR count). The summed E-state index contributed by atoms with van der Waals surface area (Å²) in [6.07, 6.45) is 0.778. The summed E-state index contributed by atoms with van der Waals surface area (Å²) in [4.78, 5) is 12.1. The minimum absolute atomic E-state index is 0.134. The normalized spacial score (nSPS) is 19.1. The van der Waals surface area contributed by atoms with Crippen LogP contribution in [0, 0.1) is 0 Å². The molecule has 0 aliphatic heterocycles. The van der Waals surface area contributed by atoms with Crippen LogP contribution in [0.5, 0.6) is 0 Å². The molecule has 1 N–H and O–H groups in total. The number of nitrogens with one attached hydrogen (secondary N) is 1. The Bertz CT molecular complexity index is 668. The van der Waals surface area contributed by atoms with E-state index in [1.165, 1.54) is 0 Å². The van der Waals surface area contributed by atoms with Crippen molar-refractivity contribution in [2.45, 2.75) is 16.7 Å². The SMILES string of the molecule is O=C(Nc1ccc([C@H]2CC2(Cl)Cl)cc1)c1ccc(Br)cc1. The number of hydrogen-bond acceptors (Lipinski definition) is 1. The molecule has 1 aliphatic carbocycles. The van der Waals surface area contributed by atoms with Crippen LogP contribution in [-0.2, 0) is 0 Å². The maximum atomic E-state index is 12.1. The molecule has 1 fully saturated rings. The minimum Gasteiger partial charge on any atom is -0.322 e. The molecule has 1 atom stereocenters. The molecule has 0 heterocycles. The number of amides is 1. The Balaban J connectivity index is 1.68. The van der Waals surface area contributed by atoms with Crippen LogP contribution in [0.2, 0.25) is 0 Å². The predicted octanol–water partition coefficient (Wildman–Crippen LogP) is 5.36. The summed E-state index contributed by atoms with van der Waals surface area (Å²) < 4.78 is 0.320. The van der Waals surface area contributed by atoms with E-state index >= 15 is 0 Å². The average Bonchev–Trinajstić information content (AvgIpc) is 3.09. The first-order valence-corrected chi connectivity index (χ1v) is 8.05. The highest BCUT2D eigenvalue weighted by Gasteiger charge is 2.52. The zero-order chi connectivity index (χ0) is 15.0. The Morgan fingerprint density at radius 2 is 1.67 bits per heavy atom. The zero-order valence-electron chi connectivity index (χ0n) is 10.9. The van der Waals surface area contributed by atoms with Crippen LogP contribution in [0.4, 0.5) is 5.69 Å². The van der Waals surface area contributed by atoms with Gasteiger partial charge in [0.25, 0.3) is 5.91 Å². The van der Waals surface area contributed by atoms with Gasteiger partial charge in [-0.15, -0.1) is 23.2 Å². The predicted molar refractivity (Wildman–Crippen MR) is 90.3 cm³/mol. The standard InChI is InChI=1S/C16H12BrCl2NO/c17-12-5-1-11(2-6-12)15(21)20-13-7-3-10(4-8-13)14-9-16(14,18)19/h1-8,14H,9H2,(H,20,21)/t14-/m1/s1. The number of hydrogen-bond donors (Lipinski definition) is 1. The number of benzene rings is 2. The summed E-state index contributed by atoms with van der Waals surface area (Å²) in [5.74, 6) is 0.0581. The van der Waals surface area contributed by atoms with E-state index in [2.05, 4.69) is 21.2 Å². The van der Waals surface area contributed by atoms with Crippen molar-refractivity contribution < 1.29 is 4.79 Å². The highest BCUT2D eigenvalue weighted by atomic mass is 79.9. The van der Waals surface area contributed by atoms with Crippen molar-refractivity contribution in [3.63, 3.8) is 0 Å². The molecule has 2 nitrogen and oxygen atoms in total. The van der Waals surface area contributed by atoms with E-state index in [9.17, 15) is 4.79 Å². The van der Waals surface area contributed by atoms with E-state index in [0.717, 1.165) is 22.1 Å². The van der Waals surface area contributed by atoms with Gasteiger partial charge < -0.3 is 5.32 Å². The van der Waals surface area contributed by atoms with Gasteiger partial charge in [-0.05, 0) is 48.4 Å². The lowest BCUT2D eigenvalue weighted by molar-refractivity contribution is 0.102. The molecule has 5 heteroatoms. The van der Waals surface area contributed by atoms with Crippen LogP contribution in [-0.4, -0.2) is 10.2 Å². The Morgan fingerprint density at radius 3 is 2.19 bits per heavy atom. The van der Waals surface area contributed by atoms with Gasteiger partial charge in [0.2, 0.25) is 0 Å². The fourth-order valence-electron chi connectivity index (χ4n) is 2.18. The lowest BCUT2D eigenvalue weighted by atomic mass is 10.1. The molecule has 1 amide bonds. The molecule has 0 unspecified atom stereocenters. The van der Waals surface area contributed by atoms with E-state index < -0.39 is 4.33 Å². The summed E-state index contributed by atoms with van der Waals surface area (Å²) in [6.45, 7) is 0. The third-order valence-electron chi connectivity index (χ3n) is 3.50. The van der Waals surface area contributed by atoms with Crippen molar-refractivity contribution in [1.29, 1.82) is 0 Å². The quantitative estimate of drug-likeness (QED) is 0.708. The highest BCUT2D eigenvalue weighted by molar-refractivity contribution is 9.10. The Morgan fingerprint density at radius 1 is 1.10 bits per heavy atom. The maximum absolute atomic E-state index is 12.1. The summed E-state index contributed by atoms with van der Waals surface area (Å²) in [5, 5.41) is 2.86. The Labute approximate surface area is 141 Å². The third-order valence-corrected chi connectivity index (χ3v) is 4.87.